The number of aliphatic hydroxyl groups is 1. The van der Waals surface area contributed by atoms with E-state index in [1.165, 1.54) is 24.6 Å². The lowest BCUT2D eigenvalue weighted by Crippen LogP contribution is -2.62. The zero-order valence-electron chi connectivity index (χ0n) is 21.9. The number of amides is 2. The SMILES string of the molecule is O=C(c1ccc(NC2CN(C3CCN(C(=O)[C@](O)(c4ccccc4)C(F)(F)F)CC3)C2)cc1)N1CCCCC1. The second-order valence-corrected chi connectivity index (χ2v) is 10.8. The fourth-order valence-corrected chi connectivity index (χ4v) is 5.88. The first-order chi connectivity index (χ1) is 18.7. The molecule has 2 N–H and O–H groups in total. The monoisotopic (exact) mass is 544 g/mol. The highest BCUT2D eigenvalue weighted by Gasteiger charge is 2.62. The summed E-state index contributed by atoms with van der Waals surface area (Å²) >= 11 is 0. The second-order valence-electron chi connectivity index (χ2n) is 10.8. The van der Waals surface area contributed by atoms with Crippen LogP contribution in [0.5, 0.6) is 0 Å². The highest BCUT2D eigenvalue weighted by atomic mass is 19.4. The largest absolute Gasteiger partial charge is 0.430 e. The van der Waals surface area contributed by atoms with Gasteiger partial charge in [-0.3, -0.25) is 14.5 Å². The Labute approximate surface area is 226 Å². The molecule has 1 atom stereocenters. The summed E-state index contributed by atoms with van der Waals surface area (Å²) in [5.41, 5.74) is -2.38. The van der Waals surface area contributed by atoms with Crippen LogP contribution in [0, 0.1) is 0 Å². The quantitative estimate of drug-likeness (QED) is 0.578. The number of carbonyl (C=O) groups is 2. The molecular weight excluding hydrogens is 509 g/mol. The Kier molecular flexibility index (Phi) is 7.87. The molecule has 0 unspecified atom stereocenters. The molecule has 3 saturated heterocycles. The molecule has 0 radical (unpaired) electrons. The maximum Gasteiger partial charge on any atom is 0.430 e. The number of halogens is 3. The van der Waals surface area contributed by atoms with Crippen molar-refractivity contribution in [2.24, 2.45) is 0 Å². The first-order valence-electron chi connectivity index (χ1n) is 13.7. The van der Waals surface area contributed by atoms with E-state index < -0.39 is 23.2 Å². The van der Waals surface area contributed by atoms with Crippen molar-refractivity contribution >= 4 is 17.5 Å². The van der Waals surface area contributed by atoms with Crippen LogP contribution >= 0.6 is 0 Å². The van der Waals surface area contributed by atoms with Gasteiger partial charge in [-0.2, -0.15) is 13.2 Å². The summed E-state index contributed by atoms with van der Waals surface area (Å²) in [5.74, 6) is -1.23. The van der Waals surface area contributed by atoms with Crippen LogP contribution in [0.2, 0.25) is 0 Å². The molecule has 3 heterocycles. The van der Waals surface area contributed by atoms with Crippen molar-refractivity contribution in [1.82, 2.24) is 14.7 Å². The van der Waals surface area contributed by atoms with E-state index in [1.807, 2.05) is 29.2 Å². The topological polar surface area (TPSA) is 76.1 Å². The summed E-state index contributed by atoms with van der Waals surface area (Å²) in [4.78, 5) is 30.9. The molecule has 0 bridgehead atoms. The number of anilines is 1. The Morgan fingerprint density at radius 1 is 0.821 bits per heavy atom. The normalized spacial score (nSPS) is 21.2. The van der Waals surface area contributed by atoms with Crippen molar-refractivity contribution in [2.75, 3.05) is 44.6 Å². The molecule has 0 saturated carbocycles. The van der Waals surface area contributed by atoms with Crippen molar-refractivity contribution in [2.45, 2.75) is 56.0 Å². The van der Waals surface area contributed by atoms with E-state index >= 15 is 0 Å². The molecular formula is C29H35F3N4O3. The maximum absolute atomic E-state index is 13.9. The predicted octanol–water partition coefficient (Wildman–Crippen LogP) is 3.85. The van der Waals surface area contributed by atoms with Gasteiger partial charge in [0.05, 0.1) is 6.04 Å². The van der Waals surface area contributed by atoms with Gasteiger partial charge in [-0.25, -0.2) is 0 Å². The maximum atomic E-state index is 13.9. The van der Waals surface area contributed by atoms with Gasteiger partial charge in [0, 0.05) is 62.1 Å². The van der Waals surface area contributed by atoms with E-state index in [0.29, 0.717) is 18.4 Å². The van der Waals surface area contributed by atoms with Gasteiger partial charge >= 0.3 is 6.18 Å². The van der Waals surface area contributed by atoms with Gasteiger partial charge in [0.15, 0.2) is 0 Å². The summed E-state index contributed by atoms with van der Waals surface area (Å²) in [6.07, 6.45) is -0.733. The Bertz CT molecular complexity index is 1140. The van der Waals surface area contributed by atoms with Gasteiger partial charge in [-0.1, -0.05) is 30.3 Å². The van der Waals surface area contributed by atoms with Crippen LogP contribution < -0.4 is 5.32 Å². The zero-order valence-corrected chi connectivity index (χ0v) is 21.9. The molecule has 3 fully saturated rings. The number of hydrogen-bond donors (Lipinski definition) is 2. The Morgan fingerprint density at radius 3 is 2.03 bits per heavy atom. The number of nitrogens with one attached hydrogen (secondary N) is 1. The lowest BCUT2D eigenvalue weighted by Gasteiger charge is -2.48. The van der Waals surface area contributed by atoms with E-state index in [-0.39, 0.29) is 31.1 Å². The van der Waals surface area contributed by atoms with Crippen LogP contribution in [0.4, 0.5) is 18.9 Å². The fourth-order valence-electron chi connectivity index (χ4n) is 5.88. The van der Waals surface area contributed by atoms with Crippen LogP contribution in [0.15, 0.2) is 54.6 Å². The predicted molar refractivity (Wildman–Crippen MR) is 141 cm³/mol. The number of hydrogen-bond acceptors (Lipinski definition) is 5. The summed E-state index contributed by atoms with van der Waals surface area (Å²) in [7, 11) is 0. The molecule has 2 aromatic rings. The van der Waals surface area contributed by atoms with E-state index in [9.17, 15) is 27.9 Å². The first kappa shape index (κ1) is 27.5. The van der Waals surface area contributed by atoms with Gasteiger partial charge in [-0.05, 0) is 56.4 Å². The molecule has 2 amide bonds. The van der Waals surface area contributed by atoms with Crippen molar-refractivity contribution in [3.05, 3.63) is 65.7 Å². The van der Waals surface area contributed by atoms with E-state index in [2.05, 4.69) is 10.2 Å². The van der Waals surface area contributed by atoms with Gasteiger partial charge in [0.25, 0.3) is 17.4 Å². The van der Waals surface area contributed by atoms with E-state index in [0.717, 1.165) is 61.7 Å². The lowest BCUT2D eigenvalue weighted by atomic mass is 9.89. The van der Waals surface area contributed by atoms with Gasteiger partial charge < -0.3 is 20.2 Å². The lowest BCUT2D eigenvalue weighted by molar-refractivity contribution is -0.262. The van der Waals surface area contributed by atoms with Crippen molar-refractivity contribution in [1.29, 1.82) is 0 Å². The van der Waals surface area contributed by atoms with E-state index in [4.69, 9.17) is 0 Å². The molecule has 0 aliphatic carbocycles. The molecule has 10 heteroatoms. The van der Waals surface area contributed by atoms with Crippen LogP contribution in [-0.2, 0) is 10.4 Å². The Morgan fingerprint density at radius 2 is 1.44 bits per heavy atom. The van der Waals surface area contributed by atoms with E-state index in [1.54, 1.807) is 0 Å². The summed E-state index contributed by atoms with van der Waals surface area (Å²) in [5, 5.41) is 14.1. The molecule has 39 heavy (non-hydrogen) atoms. The molecule has 3 aliphatic heterocycles. The van der Waals surface area contributed by atoms with Crippen LogP contribution in [0.25, 0.3) is 0 Å². The molecule has 7 nitrogen and oxygen atoms in total. The fraction of sp³-hybridized carbons (Fsp3) is 0.517. The number of piperidine rings is 2. The standard InChI is InChI=1S/C29H35F3N4O3/c30-29(31,32)28(39,22-7-3-1-4-8-22)27(38)35-17-13-25(14-18-35)36-19-24(20-36)33-23-11-9-21(10-12-23)26(37)34-15-5-2-6-16-34/h1,3-4,7-12,24-25,33,39H,2,5-6,13-20H2/t28-/m1/s1. The first-order valence-corrected chi connectivity index (χ1v) is 13.7. The summed E-state index contributed by atoms with van der Waals surface area (Å²) in [6, 6.07) is 14.5. The van der Waals surface area contributed by atoms with Crippen LogP contribution in [0.3, 0.4) is 0 Å². The third-order valence-electron chi connectivity index (χ3n) is 8.24. The van der Waals surface area contributed by atoms with Crippen LogP contribution in [-0.4, -0.2) is 89.1 Å². The van der Waals surface area contributed by atoms with Gasteiger partial charge in [-0.15, -0.1) is 0 Å². The van der Waals surface area contributed by atoms with Gasteiger partial charge in [0.2, 0.25) is 0 Å². The number of alkyl halides is 3. The minimum atomic E-state index is -5.13. The zero-order chi connectivity index (χ0) is 27.6. The van der Waals surface area contributed by atoms with Crippen molar-refractivity contribution in [3.63, 3.8) is 0 Å². The smallest absolute Gasteiger partial charge is 0.380 e. The number of rotatable bonds is 6. The number of nitrogens with zero attached hydrogens (tertiary/aromatic N) is 3. The number of likely N-dealkylation sites (tertiary alicyclic amines) is 3. The minimum absolute atomic E-state index is 0.0818. The average Bonchev–Trinajstić information content (AvgIpc) is 2.94. The number of benzene rings is 2. The molecule has 5 rings (SSSR count). The summed E-state index contributed by atoms with van der Waals surface area (Å²) in [6.45, 7) is 3.55. The second kappa shape index (κ2) is 11.2. The molecule has 3 aliphatic rings. The third kappa shape index (κ3) is 5.63. The number of carbonyl (C=O) groups excluding carboxylic acids is 2. The highest BCUT2D eigenvalue weighted by Crippen LogP contribution is 2.41. The highest BCUT2D eigenvalue weighted by molar-refractivity contribution is 5.94. The van der Waals surface area contributed by atoms with Gasteiger partial charge in [0.1, 0.15) is 0 Å². The minimum Gasteiger partial charge on any atom is -0.380 e. The molecule has 2 aromatic carbocycles. The molecule has 0 spiro atoms. The Hall–Kier alpha value is -3.11. The molecule has 210 valence electrons. The van der Waals surface area contributed by atoms with Crippen molar-refractivity contribution in [3.8, 4) is 0 Å². The van der Waals surface area contributed by atoms with Crippen molar-refractivity contribution < 1.29 is 27.9 Å². The summed E-state index contributed by atoms with van der Waals surface area (Å²) < 4.78 is 41.7. The molecule has 0 aromatic heterocycles. The third-order valence-corrected chi connectivity index (χ3v) is 8.24. The Balaban J connectivity index is 1.10. The average molecular weight is 545 g/mol. The van der Waals surface area contributed by atoms with Crippen LogP contribution in [0.1, 0.15) is 48.0 Å².